The van der Waals surface area contributed by atoms with Crippen molar-refractivity contribution in [2.75, 3.05) is 19.7 Å². The van der Waals surface area contributed by atoms with E-state index in [0.29, 0.717) is 43.2 Å². The second kappa shape index (κ2) is 10.6. The number of aromatic nitrogens is 2. The number of nitrogens with zero attached hydrogens (tertiary/aromatic N) is 3. The van der Waals surface area contributed by atoms with Gasteiger partial charge in [-0.05, 0) is 50.3 Å². The van der Waals surface area contributed by atoms with Gasteiger partial charge in [-0.1, -0.05) is 11.8 Å². The largest absolute Gasteiger partial charge is 0.367 e. The van der Waals surface area contributed by atoms with Crippen molar-refractivity contribution in [2.45, 2.75) is 56.7 Å². The summed E-state index contributed by atoms with van der Waals surface area (Å²) in [6.07, 6.45) is 3.50. The molecule has 0 spiro atoms. The molecule has 1 aromatic heterocycles. The fourth-order valence-electron chi connectivity index (χ4n) is 5.48. The molecule has 3 atom stereocenters. The van der Waals surface area contributed by atoms with E-state index in [2.05, 4.69) is 22.4 Å². The van der Waals surface area contributed by atoms with Gasteiger partial charge in [-0.15, -0.1) is 0 Å². The molecule has 2 N–H and O–H groups in total. The number of nitrogens with one attached hydrogen (secondary N) is 2. The van der Waals surface area contributed by atoms with E-state index in [4.69, 9.17) is 4.74 Å². The highest BCUT2D eigenvalue weighted by atomic mass is 16.5. The Balaban J connectivity index is 1.24. The van der Waals surface area contributed by atoms with Crippen LogP contribution in [0.2, 0.25) is 0 Å². The minimum Gasteiger partial charge on any atom is -0.367 e. The van der Waals surface area contributed by atoms with Gasteiger partial charge in [0.25, 0.3) is 5.91 Å². The number of piperidine rings is 2. The molecule has 10 nitrogen and oxygen atoms in total. The number of imidazole rings is 1. The molecule has 3 aliphatic heterocycles. The van der Waals surface area contributed by atoms with Crippen LogP contribution in [-0.4, -0.2) is 71.6 Å². The van der Waals surface area contributed by atoms with Crippen molar-refractivity contribution in [1.29, 1.82) is 0 Å². The van der Waals surface area contributed by atoms with Crippen molar-refractivity contribution in [3.63, 3.8) is 0 Å². The fourth-order valence-corrected chi connectivity index (χ4v) is 5.48. The number of likely N-dealkylation sites (tertiary alicyclic amines) is 1. The lowest BCUT2D eigenvalue weighted by Crippen LogP contribution is -2.48. The Labute approximate surface area is 216 Å². The standard InChI is InChI=1S/C26H32BN5O5/c1-30-21-14-17(4-6-19(21)32(26(30)36)20-7-9-23(33)28-24(20)34)3-2-16-10-12-31(13-11-16)25(35)22-8-5-18(29-27)15-37-22/h4,6,14,16,18,20,22,29H,5,7-13,15,27H2,1H3,(H,28,33,34)/t18-,20?,22+/m0/s1. The zero-order chi connectivity index (χ0) is 26.1. The molecular formula is C26H32BN5O5. The summed E-state index contributed by atoms with van der Waals surface area (Å²) in [7, 11) is 3.59. The van der Waals surface area contributed by atoms with Crippen molar-refractivity contribution < 1.29 is 19.1 Å². The molecule has 3 aliphatic rings. The maximum absolute atomic E-state index is 12.9. The third kappa shape index (κ3) is 5.09. The lowest BCUT2D eigenvalue weighted by Gasteiger charge is -2.35. The van der Waals surface area contributed by atoms with Gasteiger partial charge in [-0.2, -0.15) is 0 Å². The number of amides is 3. The first kappa shape index (κ1) is 25.3. The van der Waals surface area contributed by atoms with Gasteiger partial charge < -0.3 is 14.9 Å². The first-order valence-electron chi connectivity index (χ1n) is 13.0. The van der Waals surface area contributed by atoms with Gasteiger partial charge in [0.1, 0.15) is 12.1 Å². The third-order valence-corrected chi connectivity index (χ3v) is 7.80. The topological polar surface area (TPSA) is 115 Å². The molecule has 0 saturated carbocycles. The molecule has 2 aromatic rings. The summed E-state index contributed by atoms with van der Waals surface area (Å²) >= 11 is 0. The van der Waals surface area contributed by atoms with E-state index in [9.17, 15) is 19.2 Å². The first-order chi connectivity index (χ1) is 17.9. The van der Waals surface area contributed by atoms with Crippen molar-refractivity contribution in [3.05, 3.63) is 34.2 Å². The molecule has 194 valence electrons. The SMILES string of the molecule is BN[C@H]1CC[C@H](C(=O)N2CCC(C#Cc3ccc4c(c3)n(C)c(=O)n4C3CCC(=O)NC3=O)CC2)OC1. The fraction of sp³-hybridized carbons (Fsp3) is 0.538. The maximum atomic E-state index is 12.9. The van der Waals surface area contributed by atoms with Crippen molar-refractivity contribution in [3.8, 4) is 11.8 Å². The van der Waals surface area contributed by atoms with Crippen molar-refractivity contribution >= 4 is 36.7 Å². The molecule has 0 aliphatic carbocycles. The summed E-state index contributed by atoms with van der Waals surface area (Å²) < 4.78 is 8.77. The van der Waals surface area contributed by atoms with E-state index in [1.165, 1.54) is 9.13 Å². The molecule has 3 saturated heterocycles. The van der Waals surface area contributed by atoms with Crippen LogP contribution in [0, 0.1) is 17.8 Å². The molecule has 4 heterocycles. The van der Waals surface area contributed by atoms with E-state index in [1.807, 2.05) is 31.1 Å². The highest BCUT2D eigenvalue weighted by molar-refractivity contribution is 6.04. The van der Waals surface area contributed by atoms with Gasteiger partial charge in [-0.25, -0.2) is 4.79 Å². The Bertz CT molecular complexity index is 1340. The molecule has 3 fully saturated rings. The highest BCUT2D eigenvalue weighted by Crippen LogP contribution is 2.24. The Morgan fingerprint density at radius 2 is 1.89 bits per heavy atom. The van der Waals surface area contributed by atoms with E-state index >= 15 is 0 Å². The highest BCUT2D eigenvalue weighted by Gasteiger charge is 2.32. The summed E-state index contributed by atoms with van der Waals surface area (Å²) in [5, 5.41) is 5.53. The number of rotatable bonds is 3. The van der Waals surface area contributed by atoms with Crippen LogP contribution < -0.4 is 16.2 Å². The van der Waals surface area contributed by atoms with Crippen LogP contribution in [0.4, 0.5) is 0 Å². The van der Waals surface area contributed by atoms with E-state index in [0.717, 1.165) is 31.2 Å². The van der Waals surface area contributed by atoms with Crippen LogP contribution in [0.3, 0.4) is 0 Å². The molecular weight excluding hydrogens is 473 g/mol. The third-order valence-electron chi connectivity index (χ3n) is 7.80. The second-order valence-corrected chi connectivity index (χ2v) is 10.1. The Morgan fingerprint density at radius 1 is 1.11 bits per heavy atom. The predicted molar refractivity (Wildman–Crippen MR) is 139 cm³/mol. The zero-order valence-corrected chi connectivity index (χ0v) is 21.3. The van der Waals surface area contributed by atoms with Gasteiger partial charge >= 0.3 is 5.69 Å². The van der Waals surface area contributed by atoms with Crippen LogP contribution in [0.15, 0.2) is 23.0 Å². The van der Waals surface area contributed by atoms with Crippen LogP contribution in [0.1, 0.15) is 50.1 Å². The van der Waals surface area contributed by atoms with Gasteiger partial charge in [0.05, 0.1) is 17.6 Å². The number of ether oxygens (including phenoxy) is 1. The Kier molecular flexibility index (Phi) is 7.22. The number of hydrogen-bond acceptors (Lipinski definition) is 6. The first-order valence-corrected chi connectivity index (χ1v) is 13.0. The average Bonchev–Trinajstić information content (AvgIpc) is 3.16. The zero-order valence-electron chi connectivity index (χ0n) is 21.3. The second-order valence-electron chi connectivity index (χ2n) is 10.1. The Morgan fingerprint density at radius 3 is 2.57 bits per heavy atom. The molecule has 11 heteroatoms. The van der Waals surface area contributed by atoms with Gasteiger partial charge in [0.15, 0.2) is 7.98 Å². The molecule has 0 radical (unpaired) electrons. The number of benzene rings is 1. The summed E-state index contributed by atoms with van der Waals surface area (Å²) in [6.45, 7) is 1.92. The average molecular weight is 505 g/mol. The number of imide groups is 1. The van der Waals surface area contributed by atoms with Crippen LogP contribution in [0.5, 0.6) is 0 Å². The number of fused-ring (bicyclic) bond motifs is 1. The normalized spacial score (nSPS) is 25.0. The summed E-state index contributed by atoms with van der Waals surface area (Å²) in [5.74, 6) is 6.11. The van der Waals surface area contributed by atoms with E-state index in [1.54, 1.807) is 7.05 Å². The molecule has 1 aromatic carbocycles. The lowest BCUT2D eigenvalue weighted by molar-refractivity contribution is -0.148. The van der Waals surface area contributed by atoms with Gasteiger partial charge in [0, 0.05) is 44.1 Å². The monoisotopic (exact) mass is 505 g/mol. The number of carbonyl (C=O) groups is 3. The minimum absolute atomic E-state index is 0.0906. The van der Waals surface area contributed by atoms with E-state index in [-0.39, 0.29) is 35.9 Å². The van der Waals surface area contributed by atoms with Gasteiger partial charge in [0.2, 0.25) is 11.8 Å². The smallest absolute Gasteiger partial charge is 0.329 e. The number of aryl methyl sites for hydroxylation is 1. The summed E-state index contributed by atoms with van der Waals surface area (Å²) in [4.78, 5) is 51.6. The summed E-state index contributed by atoms with van der Waals surface area (Å²) in [5.41, 5.74) is 1.83. The van der Waals surface area contributed by atoms with Crippen molar-refractivity contribution in [2.24, 2.45) is 13.0 Å². The van der Waals surface area contributed by atoms with Crippen LogP contribution in [-0.2, 0) is 26.2 Å². The minimum atomic E-state index is -0.706. The van der Waals surface area contributed by atoms with Crippen LogP contribution in [0.25, 0.3) is 11.0 Å². The quantitative estimate of drug-likeness (QED) is 0.333. The summed E-state index contributed by atoms with van der Waals surface area (Å²) in [6, 6.07) is 5.15. The Hall–Kier alpha value is -3.36. The lowest BCUT2D eigenvalue weighted by atomic mass is 9.95. The van der Waals surface area contributed by atoms with E-state index < -0.39 is 11.9 Å². The molecule has 37 heavy (non-hydrogen) atoms. The molecule has 0 bridgehead atoms. The molecule has 5 rings (SSSR count). The number of hydrogen-bond donors (Lipinski definition) is 2. The van der Waals surface area contributed by atoms with Crippen molar-refractivity contribution in [1.82, 2.24) is 24.6 Å². The van der Waals surface area contributed by atoms with Gasteiger partial charge in [-0.3, -0.25) is 28.8 Å². The molecule has 1 unspecified atom stereocenters. The van der Waals surface area contributed by atoms with Crippen LogP contribution >= 0.6 is 0 Å². The maximum Gasteiger partial charge on any atom is 0.329 e. The predicted octanol–water partition coefficient (Wildman–Crippen LogP) is -0.407. The molecule has 3 amide bonds. The number of carbonyl (C=O) groups excluding carboxylic acids is 3.